The molecule has 5 nitrogen and oxygen atoms in total. The lowest BCUT2D eigenvalue weighted by Gasteiger charge is -2.26. The molecule has 1 amide bonds. The summed E-state index contributed by atoms with van der Waals surface area (Å²) in [4.78, 5) is 19.1. The molecule has 0 bridgehead atoms. The molecule has 2 saturated heterocycles. The molecule has 2 aliphatic heterocycles. The first-order valence-corrected chi connectivity index (χ1v) is 12.3. The van der Waals surface area contributed by atoms with Gasteiger partial charge in [-0.05, 0) is 43.5 Å². The Labute approximate surface area is 176 Å². The number of aryl methyl sites for hydroxylation is 3. The Morgan fingerprint density at radius 3 is 2.48 bits per heavy atom. The maximum absolute atomic E-state index is 12.7. The fourth-order valence-corrected chi connectivity index (χ4v) is 7.78. The molecule has 0 radical (unpaired) electrons. The van der Waals surface area contributed by atoms with Gasteiger partial charge in [-0.25, -0.2) is 8.42 Å². The van der Waals surface area contributed by atoms with Gasteiger partial charge in [-0.3, -0.25) is 4.79 Å². The molecule has 29 heavy (non-hydrogen) atoms. The monoisotopic (exact) mass is 428 g/mol. The largest absolute Gasteiger partial charge is 0.315 e. The summed E-state index contributed by atoms with van der Waals surface area (Å²) >= 11 is 1.42. The first-order valence-electron chi connectivity index (χ1n) is 9.62. The molecule has 0 N–H and O–H groups in total. The molecule has 2 fully saturated rings. The summed E-state index contributed by atoms with van der Waals surface area (Å²) in [5.74, 6) is 0.0208. The molecule has 7 heteroatoms. The van der Waals surface area contributed by atoms with E-state index in [2.05, 4.69) is 4.99 Å². The highest BCUT2D eigenvalue weighted by Gasteiger charge is 2.49. The Hall–Kier alpha value is -2.12. The summed E-state index contributed by atoms with van der Waals surface area (Å²) in [7, 11) is -3.08. The minimum Gasteiger partial charge on any atom is -0.315 e. The maximum atomic E-state index is 12.7. The highest BCUT2D eigenvalue weighted by Crippen LogP contribution is 2.42. The number of amidine groups is 1. The van der Waals surface area contributed by atoms with Crippen LogP contribution in [-0.4, -0.2) is 42.3 Å². The van der Waals surface area contributed by atoms with E-state index in [9.17, 15) is 13.2 Å². The predicted octanol–water partition coefficient (Wildman–Crippen LogP) is 3.46. The van der Waals surface area contributed by atoms with Gasteiger partial charge < -0.3 is 4.90 Å². The molecule has 2 heterocycles. The number of benzene rings is 2. The number of anilines is 1. The van der Waals surface area contributed by atoms with Crippen molar-refractivity contribution < 1.29 is 13.2 Å². The van der Waals surface area contributed by atoms with Crippen LogP contribution in [0.1, 0.15) is 22.3 Å². The van der Waals surface area contributed by atoms with Crippen LogP contribution in [0.25, 0.3) is 0 Å². The van der Waals surface area contributed by atoms with E-state index < -0.39 is 9.84 Å². The van der Waals surface area contributed by atoms with Gasteiger partial charge in [0.05, 0.1) is 24.0 Å². The number of fused-ring (bicyclic) bond motifs is 1. The van der Waals surface area contributed by atoms with Crippen LogP contribution < -0.4 is 4.90 Å². The van der Waals surface area contributed by atoms with Gasteiger partial charge in [0.25, 0.3) is 5.91 Å². The maximum Gasteiger partial charge on any atom is 0.252 e. The van der Waals surface area contributed by atoms with Gasteiger partial charge in [-0.1, -0.05) is 53.7 Å². The lowest BCUT2D eigenvalue weighted by molar-refractivity contribution is -0.117. The summed E-state index contributed by atoms with van der Waals surface area (Å²) in [6.07, 6.45) is 0.235. The van der Waals surface area contributed by atoms with Crippen molar-refractivity contribution in [2.24, 2.45) is 4.99 Å². The molecule has 0 saturated carbocycles. The summed E-state index contributed by atoms with van der Waals surface area (Å²) < 4.78 is 24.4. The van der Waals surface area contributed by atoms with Crippen LogP contribution in [-0.2, 0) is 21.1 Å². The molecular formula is C22H24N2O3S2. The van der Waals surface area contributed by atoms with Crippen molar-refractivity contribution in [1.82, 2.24) is 0 Å². The molecule has 2 aliphatic rings. The first kappa shape index (κ1) is 20.2. The number of thioether (sulfide) groups is 1. The third-order valence-electron chi connectivity index (χ3n) is 5.39. The van der Waals surface area contributed by atoms with Crippen LogP contribution in [0.15, 0.2) is 47.5 Å². The fourth-order valence-electron chi connectivity index (χ4n) is 3.85. The average Bonchev–Trinajstić information content (AvgIpc) is 3.10. The summed E-state index contributed by atoms with van der Waals surface area (Å²) in [6, 6.07) is 13.8. The molecular weight excluding hydrogens is 404 g/mol. The van der Waals surface area contributed by atoms with Gasteiger partial charge in [-0.2, -0.15) is 4.99 Å². The molecule has 0 unspecified atom stereocenters. The van der Waals surface area contributed by atoms with Crippen molar-refractivity contribution in [3.63, 3.8) is 0 Å². The molecule has 0 aliphatic carbocycles. The number of hydrogen-bond donors (Lipinski definition) is 0. The second kappa shape index (κ2) is 7.61. The number of nitrogens with zero attached hydrogens (tertiary/aromatic N) is 2. The Kier molecular flexibility index (Phi) is 5.29. The zero-order chi connectivity index (χ0) is 20.8. The quantitative estimate of drug-likeness (QED) is 0.749. The van der Waals surface area contributed by atoms with Crippen LogP contribution in [0.3, 0.4) is 0 Å². The number of amides is 1. The van der Waals surface area contributed by atoms with E-state index in [-0.39, 0.29) is 35.1 Å². The van der Waals surface area contributed by atoms with Crippen molar-refractivity contribution in [3.05, 3.63) is 64.7 Å². The van der Waals surface area contributed by atoms with Crippen LogP contribution in [0.4, 0.5) is 5.69 Å². The molecule has 0 aromatic heterocycles. The molecule has 0 spiro atoms. The number of hydrogen-bond acceptors (Lipinski definition) is 4. The topological polar surface area (TPSA) is 66.8 Å². The van der Waals surface area contributed by atoms with E-state index in [1.807, 2.05) is 68.1 Å². The van der Waals surface area contributed by atoms with Crippen molar-refractivity contribution in [2.75, 3.05) is 16.4 Å². The molecule has 4 rings (SSSR count). The number of aliphatic imine (C=N–C) groups is 1. The van der Waals surface area contributed by atoms with Gasteiger partial charge in [0.15, 0.2) is 15.0 Å². The number of carbonyl (C=O) groups is 1. The highest BCUT2D eigenvalue weighted by atomic mass is 32.2. The third-order valence-corrected chi connectivity index (χ3v) is 8.60. The molecule has 152 valence electrons. The lowest BCUT2D eigenvalue weighted by atomic mass is 10.1. The second-order valence-electron chi connectivity index (χ2n) is 7.91. The van der Waals surface area contributed by atoms with E-state index in [1.165, 1.54) is 11.8 Å². The van der Waals surface area contributed by atoms with Gasteiger partial charge in [0.1, 0.15) is 0 Å². The zero-order valence-corrected chi connectivity index (χ0v) is 18.4. The first-order chi connectivity index (χ1) is 13.7. The zero-order valence-electron chi connectivity index (χ0n) is 16.8. The van der Waals surface area contributed by atoms with Crippen molar-refractivity contribution in [3.8, 4) is 0 Å². The summed E-state index contributed by atoms with van der Waals surface area (Å²) in [5, 5.41) is 0.520. The number of sulfone groups is 1. The van der Waals surface area contributed by atoms with Gasteiger partial charge in [0, 0.05) is 10.9 Å². The van der Waals surface area contributed by atoms with Crippen molar-refractivity contribution in [1.29, 1.82) is 0 Å². The van der Waals surface area contributed by atoms with Gasteiger partial charge >= 0.3 is 0 Å². The standard InChI is InChI=1S/C22H24N2O3S2/c1-14-5-8-17(9-6-14)11-21(25)23-22-24(18-10-15(2)4-7-16(18)3)19-12-29(26,27)13-20(19)28-22/h4-10,19-20H,11-13H2,1-3H3/t19-,20-/m1/s1. The highest BCUT2D eigenvalue weighted by molar-refractivity contribution is 8.16. The summed E-state index contributed by atoms with van der Waals surface area (Å²) in [6.45, 7) is 6.02. The van der Waals surface area contributed by atoms with Crippen molar-refractivity contribution in [2.45, 2.75) is 38.5 Å². The van der Waals surface area contributed by atoms with E-state index in [1.54, 1.807) is 0 Å². The van der Waals surface area contributed by atoms with Crippen molar-refractivity contribution >= 4 is 38.4 Å². The smallest absolute Gasteiger partial charge is 0.252 e. The fraction of sp³-hybridized carbons (Fsp3) is 0.364. The minimum atomic E-state index is -3.08. The molecule has 2 aromatic rings. The number of rotatable bonds is 3. The van der Waals surface area contributed by atoms with E-state index in [0.29, 0.717) is 5.17 Å². The van der Waals surface area contributed by atoms with Crippen LogP contribution in [0, 0.1) is 20.8 Å². The normalized spacial score (nSPS) is 24.1. The van der Waals surface area contributed by atoms with E-state index in [4.69, 9.17) is 0 Å². The van der Waals surface area contributed by atoms with Crippen LogP contribution in [0.5, 0.6) is 0 Å². The summed E-state index contributed by atoms with van der Waals surface area (Å²) in [5.41, 5.74) is 5.14. The average molecular weight is 429 g/mol. The van der Waals surface area contributed by atoms with Gasteiger partial charge in [0.2, 0.25) is 0 Å². The Morgan fingerprint density at radius 1 is 1.07 bits per heavy atom. The predicted molar refractivity (Wildman–Crippen MR) is 120 cm³/mol. The SMILES string of the molecule is Cc1ccc(CC(=O)N=C2S[C@@H]3CS(=O)(=O)C[C@H]3N2c2cc(C)ccc2C)cc1. The van der Waals surface area contributed by atoms with Crippen LogP contribution in [0.2, 0.25) is 0 Å². The lowest BCUT2D eigenvalue weighted by Crippen LogP contribution is -2.38. The van der Waals surface area contributed by atoms with Crippen LogP contribution >= 0.6 is 11.8 Å². The second-order valence-corrected chi connectivity index (χ2v) is 11.3. The van der Waals surface area contributed by atoms with Gasteiger partial charge in [-0.15, -0.1) is 0 Å². The third kappa shape index (κ3) is 4.26. The Balaban J connectivity index is 1.67. The Bertz CT molecular complexity index is 1090. The van der Waals surface area contributed by atoms with E-state index >= 15 is 0 Å². The minimum absolute atomic E-state index is 0.0918. The number of carbonyl (C=O) groups excluding carboxylic acids is 1. The van der Waals surface area contributed by atoms with E-state index in [0.717, 1.165) is 27.9 Å². The Morgan fingerprint density at radius 2 is 1.76 bits per heavy atom. The molecule has 2 aromatic carbocycles. The molecule has 2 atom stereocenters.